The van der Waals surface area contributed by atoms with Gasteiger partial charge in [-0.3, -0.25) is 0 Å². The van der Waals surface area contributed by atoms with Gasteiger partial charge in [0.15, 0.2) is 0 Å². The Kier molecular flexibility index (Phi) is 5.16. The molecule has 3 aromatic carbocycles. The van der Waals surface area contributed by atoms with Gasteiger partial charge in [0.2, 0.25) is 0 Å². The number of nitrogen functional groups attached to an aromatic ring is 2. The average molecular weight is 361 g/mol. The normalized spacial score (nSPS) is 13.0. The van der Waals surface area contributed by atoms with Gasteiger partial charge in [-0.2, -0.15) is 0 Å². The molecule has 0 aliphatic heterocycles. The number of hydrogen-bond acceptors (Lipinski definition) is 5. The van der Waals surface area contributed by atoms with E-state index < -0.39 is 11.6 Å². The third-order valence-corrected chi connectivity index (χ3v) is 4.58. The first-order chi connectivity index (χ1) is 12.9. The van der Waals surface area contributed by atoms with Crippen molar-refractivity contribution in [3.05, 3.63) is 95.6 Å². The van der Waals surface area contributed by atoms with Crippen LogP contribution in [0.25, 0.3) is 6.08 Å². The molecule has 0 heterocycles. The first-order valence-corrected chi connectivity index (χ1v) is 8.58. The maximum Gasteiger partial charge on any atom is 0.145 e. The van der Waals surface area contributed by atoms with Crippen LogP contribution in [0.5, 0.6) is 5.75 Å². The zero-order valence-electron chi connectivity index (χ0n) is 14.8. The molecular weight excluding hydrogens is 338 g/mol. The summed E-state index contributed by atoms with van der Waals surface area (Å²) in [5, 5.41) is 21.7. The summed E-state index contributed by atoms with van der Waals surface area (Å²) >= 11 is 0. The molecule has 1 unspecified atom stereocenters. The van der Waals surface area contributed by atoms with E-state index in [1.807, 2.05) is 60.7 Å². The Labute approximate surface area is 158 Å². The number of phenols is 1. The van der Waals surface area contributed by atoms with Gasteiger partial charge in [0.1, 0.15) is 11.4 Å². The van der Waals surface area contributed by atoms with E-state index in [1.54, 1.807) is 18.2 Å². The summed E-state index contributed by atoms with van der Waals surface area (Å²) in [6.07, 6.45) is 3.25. The summed E-state index contributed by atoms with van der Waals surface area (Å²) in [6, 6.07) is 20.8. The molecule has 27 heavy (non-hydrogen) atoms. The molecule has 0 bridgehead atoms. The average Bonchev–Trinajstić information content (AvgIpc) is 2.70. The van der Waals surface area contributed by atoms with Gasteiger partial charge in [-0.15, -0.1) is 0 Å². The minimum Gasteiger partial charge on any atom is -0.505 e. The standard InChI is InChI=1S/C22H23N3O2/c23-18-13-15(21(26)19(24)14-18)11-12-20(25)22(27,16-7-3-1-4-8-16)17-9-5-2-6-10-17/h1-14,20,26-27H,23-25H2. The highest BCUT2D eigenvalue weighted by atomic mass is 16.3. The van der Waals surface area contributed by atoms with E-state index in [0.717, 1.165) is 0 Å². The molecule has 8 N–H and O–H groups in total. The second-order valence-corrected chi connectivity index (χ2v) is 6.43. The lowest BCUT2D eigenvalue weighted by atomic mass is 9.80. The van der Waals surface area contributed by atoms with Gasteiger partial charge in [-0.05, 0) is 23.3 Å². The number of hydrogen-bond donors (Lipinski definition) is 5. The number of nitrogens with two attached hydrogens (primary N) is 3. The fraction of sp³-hybridized carbons (Fsp3) is 0.0909. The molecule has 5 heteroatoms. The molecule has 0 saturated carbocycles. The van der Waals surface area contributed by atoms with Gasteiger partial charge in [-0.1, -0.05) is 72.8 Å². The number of benzene rings is 3. The Balaban J connectivity index is 2.04. The fourth-order valence-electron chi connectivity index (χ4n) is 3.11. The van der Waals surface area contributed by atoms with Crippen molar-refractivity contribution in [3.63, 3.8) is 0 Å². The number of aliphatic hydroxyl groups is 1. The SMILES string of the molecule is Nc1cc(N)c(O)c(C=CC(N)C(O)(c2ccccc2)c2ccccc2)c1. The Bertz CT molecular complexity index is 901. The number of aromatic hydroxyl groups is 1. The predicted molar refractivity (Wildman–Crippen MR) is 110 cm³/mol. The summed E-state index contributed by atoms with van der Waals surface area (Å²) in [4.78, 5) is 0. The van der Waals surface area contributed by atoms with Crippen molar-refractivity contribution in [1.82, 2.24) is 0 Å². The molecule has 5 nitrogen and oxygen atoms in total. The fourth-order valence-corrected chi connectivity index (χ4v) is 3.11. The predicted octanol–water partition coefficient (Wildman–Crippen LogP) is 2.83. The second-order valence-electron chi connectivity index (χ2n) is 6.43. The molecule has 0 aliphatic rings. The molecule has 1 atom stereocenters. The largest absolute Gasteiger partial charge is 0.505 e. The Morgan fingerprint density at radius 3 is 1.89 bits per heavy atom. The van der Waals surface area contributed by atoms with Crippen LogP contribution >= 0.6 is 0 Å². The summed E-state index contributed by atoms with van der Waals surface area (Å²) in [6.45, 7) is 0. The molecule has 0 fully saturated rings. The van der Waals surface area contributed by atoms with Crippen molar-refractivity contribution in [3.8, 4) is 5.75 Å². The lowest BCUT2D eigenvalue weighted by molar-refractivity contribution is 0.0672. The van der Waals surface area contributed by atoms with Crippen molar-refractivity contribution >= 4 is 17.5 Å². The van der Waals surface area contributed by atoms with Crippen LogP contribution in [0.4, 0.5) is 11.4 Å². The Morgan fingerprint density at radius 2 is 1.37 bits per heavy atom. The van der Waals surface area contributed by atoms with Gasteiger partial charge >= 0.3 is 0 Å². The third-order valence-electron chi connectivity index (χ3n) is 4.58. The molecule has 138 valence electrons. The molecular formula is C22H23N3O2. The van der Waals surface area contributed by atoms with Crippen LogP contribution in [0.1, 0.15) is 16.7 Å². The Morgan fingerprint density at radius 1 is 0.852 bits per heavy atom. The highest BCUT2D eigenvalue weighted by molar-refractivity contribution is 5.72. The van der Waals surface area contributed by atoms with E-state index >= 15 is 0 Å². The highest BCUT2D eigenvalue weighted by Crippen LogP contribution is 2.34. The van der Waals surface area contributed by atoms with E-state index in [0.29, 0.717) is 22.4 Å². The molecule has 0 amide bonds. The van der Waals surface area contributed by atoms with Crippen LogP contribution in [-0.2, 0) is 5.60 Å². The number of rotatable bonds is 5. The van der Waals surface area contributed by atoms with Crippen molar-refractivity contribution in [2.45, 2.75) is 11.6 Å². The summed E-state index contributed by atoms with van der Waals surface area (Å²) < 4.78 is 0. The summed E-state index contributed by atoms with van der Waals surface area (Å²) in [5.41, 5.74) is 18.9. The minimum atomic E-state index is -1.44. The third kappa shape index (κ3) is 3.65. The van der Waals surface area contributed by atoms with E-state index in [1.165, 1.54) is 6.07 Å². The lowest BCUT2D eigenvalue weighted by Crippen LogP contribution is -2.45. The van der Waals surface area contributed by atoms with Gasteiger partial charge in [0.05, 0.1) is 11.7 Å². The van der Waals surface area contributed by atoms with Crippen LogP contribution in [0.2, 0.25) is 0 Å². The number of phenolic OH excluding ortho intramolecular Hbond substituents is 1. The van der Waals surface area contributed by atoms with Crippen molar-refractivity contribution in [2.24, 2.45) is 5.73 Å². The van der Waals surface area contributed by atoms with E-state index in [9.17, 15) is 10.2 Å². The molecule has 0 radical (unpaired) electrons. The first-order valence-electron chi connectivity index (χ1n) is 8.58. The van der Waals surface area contributed by atoms with E-state index in [4.69, 9.17) is 17.2 Å². The van der Waals surface area contributed by atoms with Crippen LogP contribution in [0.15, 0.2) is 78.9 Å². The summed E-state index contributed by atoms with van der Waals surface area (Å²) in [5.74, 6) is -0.0735. The van der Waals surface area contributed by atoms with Crippen molar-refractivity contribution in [1.29, 1.82) is 0 Å². The van der Waals surface area contributed by atoms with Gasteiger partial charge in [0.25, 0.3) is 0 Å². The van der Waals surface area contributed by atoms with E-state index in [2.05, 4.69) is 0 Å². The topological polar surface area (TPSA) is 119 Å². The van der Waals surface area contributed by atoms with E-state index in [-0.39, 0.29) is 11.4 Å². The zero-order chi connectivity index (χ0) is 19.4. The van der Waals surface area contributed by atoms with Gasteiger partial charge < -0.3 is 27.4 Å². The number of anilines is 2. The molecule has 0 aromatic heterocycles. The molecule has 3 aromatic rings. The van der Waals surface area contributed by atoms with Crippen LogP contribution in [0.3, 0.4) is 0 Å². The van der Waals surface area contributed by atoms with Crippen LogP contribution < -0.4 is 17.2 Å². The monoisotopic (exact) mass is 361 g/mol. The summed E-state index contributed by atoms with van der Waals surface area (Å²) in [7, 11) is 0. The maximum absolute atomic E-state index is 11.6. The van der Waals surface area contributed by atoms with Crippen LogP contribution in [0, 0.1) is 0 Å². The van der Waals surface area contributed by atoms with Crippen LogP contribution in [-0.4, -0.2) is 16.3 Å². The smallest absolute Gasteiger partial charge is 0.145 e. The quantitative estimate of drug-likeness (QED) is 0.272. The van der Waals surface area contributed by atoms with Crippen molar-refractivity contribution in [2.75, 3.05) is 11.5 Å². The van der Waals surface area contributed by atoms with Gasteiger partial charge in [0, 0.05) is 11.3 Å². The molecule has 0 aliphatic carbocycles. The minimum absolute atomic E-state index is 0.0735. The maximum atomic E-state index is 11.6. The Hall–Kier alpha value is -3.28. The molecule has 0 spiro atoms. The lowest BCUT2D eigenvalue weighted by Gasteiger charge is -2.33. The second kappa shape index (κ2) is 7.53. The highest BCUT2D eigenvalue weighted by Gasteiger charge is 2.36. The molecule has 3 rings (SSSR count). The van der Waals surface area contributed by atoms with Gasteiger partial charge in [-0.25, -0.2) is 0 Å². The zero-order valence-corrected chi connectivity index (χ0v) is 14.8. The van der Waals surface area contributed by atoms with Crippen molar-refractivity contribution < 1.29 is 10.2 Å². The molecule has 0 saturated heterocycles. The first kappa shape index (κ1) is 18.5.